The summed E-state index contributed by atoms with van der Waals surface area (Å²) in [6.45, 7) is 1.26. The van der Waals surface area contributed by atoms with Crippen LogP contribution in [0.5, 0.6) is 0 Å². The zero-order valence-electron chi connectivity index (χ0n) is 14.7. The molecule has 0 radical (unpaired) electrons. The van der Waals surface area contributed by atoms with E-state index in [4.69, 9.17) is 28.3 Å². The average Bonchev–Trinajstić information content (AvgIpc) is 2.60. The Morgan fingerprint density at radius 1 is 1.31 bits per heavy atom. The molecule has 0 spiro atoms. The first kappa shape index (κ1) is 22.5. The van der Waals surface area contributed by atoms with Crippen LogP contribution in [0.1, 0.15) is 25.3 Å². The number of nitrogens with zero attached hydrogens (tertiary/aromatic N) is 1. The summed E-state index contributed by atoms with van der Waals surface area (Å²) in [6.07, 6.45) is -2.05. The molecule has 7 nitrogen and oxygen atoms in total. The lowest BCUT2D eigenvalue weighted by Crippen LogP contribution is -2.51. The monoisotopic (exact) mass is 406 g/mol. The third-order valence-electron chi connectivity index (χ3n) is 4.22. The molecule has 4 N–H and O–H groups in total. The fourth-order valence-corrected chi connectivity index (χ4v) is 3.20. The molecule has 0 saturated carbocycles. The smallest absolute Gasteiger partial charge is 0.404 e. The Morgan fingerprint density at radius 2 is 1.96 bits per heavy atom. The van der Waals surface area contributed by atoms with E-state index in [1.807, 2.05) is 0 Å². The number of carboxylic acid groups (broad SMARTS) is 1. The SMILES string of the molecule is CCC(=O)N(C)CC(CNC(=O)O)(CC(O)CO)c1ccc(Cl)c(Cl)c1. The maximum atomic E-state index is 12.1. The lowest BCUT2D eigenvalue weighted by atomic mass is 9.75. The quantitative estimate of drug-likeness (QED) is 0.501. The topological polar surface area (TPSA) is 110 Å². The van der Waals surface area contributed by atoms with Crippen molar-refractivity contribution in [3.8, 4) is 0 Å². The van der Waals surface area contributed by atoms with Crippen LogP contribution in [0.15, 0.2) is 18.2 Å². The number of benzene rings is 1. The van der Waals surface area contributed by atoms with Crippen molar-refractivity contribution in [3.05, 3.63) is 33.8 Å². The molecule has 146 valence electrons. The van der Waals surface area contributed by atoms with Crippen LogP contribution in [0.3, 0.4) is 0 Å². The fraction of sp³-hybridized carbons (Fsp3) is 0.529. The van der Waals surface area contributed by atoms with Crippen molar-refractivity contribution in [1.29, 1.82) is 0 Å². The molecule has 1 rings (SSSR count). The Morgan fingerprint density at radius 3 is 2.46 bits per heavy atom. The summed E-state index contributed by atoms with van der Waals surface area (Å²) < 4.78 is 0. The largest absolute Gasteiger partial charge is 0.465 e. The van der Waals surface area contributed by atoms with Crippen LogP contribution in [-0.2, 0) is 10.2 Å². The highest BCUT2D eigenvalue weighted by Gasteiger charge is 2.37. The minimum absolute atomic E-state index is 0.0169. The predicted octanol–water partition coefficient (Wildman–Crippen LogP) is 2.11. The van der Waals surface area contributed by atoms with Crippen molar-refractivity contribution in [3.63, 3.8) is 0 Å². The second kappa shape index (κ2) is 9.97. The van der Waals surface area contributed by atoms with Gasteiger partial charge >= 0.3 is 6.09 Å². The number of amides is 2. The van der Waals surface area contributed by atoms with E-state index >= 15 is 0 Å². The molecule has 1 aromatic rings. The van der Waals surface area contributed by atoms with Gasteiger partial charge in [0.05, 0.1) is 22.8 Å². The zero-order valence-corrected chi connectivity index (χ0v) is 16.2. The number of nitrogens with one attached hydrogen (secondary N) is 1. The summed E-state index contributed by atoms with van der Waals surface area (Å²) >= 11 is 12.1. The number of hydrogen-bond donors (Lipinski definition) is 4. The van der Waals surface area contributed by atoms with Crippen LogP contribution in [0.4, 0.5) is 4.79 Å². The first-order valence-electron chi connectivity index (χ1n) is 8.10. The number of halogens is 2. The van der Waals surface area contributed by atoms with Crippen molar-refractivity contribution >= 4 is 35.2 Å². The number of rotatable bonds is 9. The third-order valence-corrected chi connectivity index (χ3v) is 4.95. The summed E-state index contributed by atoms with van der Waals surface area (Å²) in [4.78, 5) is 24.6. The van der Waals surface area contributed by atoms with Gasteiger partial charge in [-0.15, -0.1) is 0 Å². The summed E-state index contributed by atoms with van der Waals surface area (Å²) in [5.74, 6) is -0.136. The van der Waals surface area contributed by atoms with Crippen LogP contribution < -0.4 is 5.32 Å². The second-order valence-corrected chi connectivity index (χ2v) is 7.03. The Kier molecular flexibility index (Phi) is 8.62. The van der Waals surface area contributed by atoms with Gasteiger partial charge in [-0.2, -0.15) is 0 Å². The highest BCUT2D eigenvalue weighted by molar-refractivity contribution is 6.42. The van der Waals surface area contributed by atoms with E-state index in [0.29, 0.717) is 10.6 Å². The van der Waals surface area contributed by atoms with Crippen molar-refractivity contribution < 1.29 is 24.9 Å². The molecule has 0 aliphatic heterocycles. The first-order chi connectivity index (χ1) is 12.1. The summed E-state index contributed by atoms with van der Waals surface area (Å²) in [7, 11) is 1.60. The first-order valence-corrected chi connectivity index (χ1v) is 8.86. The van der Waals surface area contributed by atoms with Gasteiger partial charge in [0.25, 0.3) is 0 Å². The van der Waals surface area contributed by atoms with Gasteiger partial charge < -0.3 is 25.5 Å². The molecule has 26 heavy (non-hydrogen) atoms. The molecule has 0 aliphatic carbocycles. The van der Waals surface area contributed by atoms with Crippen molar-refractivity contribution in [2.75, 3.05) is 26.7 Å². The normalized spacial score (nSPS) is 14.4. The van der Waals surface area contributed by atoms with Crippen LogP contribution in [0.2, 0.25) is 10.0 Å². The maximum absolute atomic E-state index is 12.1. The molecular weight excluding hydrogens is 383 g/mol. The van der Waals surface area contributed by atoms with Gasteiger partial charge in [-0.3, -0.25) is 4.79 Å². The van der Waals surface area contributed by atoms with Gasteiger partial charge in [0.2, 0.25) is 5.91 Å². The van der Waals surface area contributed by atoms with Crippen LogP contribution in [-0.4, -0.2) is 65.1 Å². The van der Waals surface area contributed by atoms with E-state index in [2.05, 4.69) is 5.32 Å². The fourth-order valence-electron chi connectivity index (χ4n) is 2.90. The third kappa shape index (κ3) is 6.02. The van der Waals surface area contributed by atoms with Crippen molar-refractivity contribution in [2.24, 2.45) is 0 Å². The van der Waals surface area contributed by atoms with Gasteiger partial charge in [-0.05, 0) is 24.1 Å². The molecule has 1 aromatic carbocycles. The highest BCUT2D eigenvalue weighted by Crippen LogP contribution is 2.34. The Hall–Kier alpha value is -1.54. The van der Waals surface area contributed by atoms with E-state index in [1.54, 1.807) is 32.2 Å². The van der Waals surface area contributed by atoms with Crippen LogP contribution >= 0.6 is 23.2 Å². The van der Waals surface area contributed by atoms with Gasteiger partial charge in [-0.25, -0.2) is 4.79 Å². The van der Waals surface area contributed by atoms with Crippen LogP contribution in [0, 0.1) is 0 Å². The molecule has 9 heteroatoms. The van der Waals surface area contributed by atoms with E-state index in [0.717, 1.165) is 0 Å². The number of carbonyl (C=O) groups is 2. The Labute approximate surface area is 162 Å². The molecule has 0 fully saturated rings. The molecule has 0 aliphatic rings. The van der Waals surface area contributed by atoms with E-state index in [1.165, 1.54) is 4.90 Å². The Balaban J connectivity index is 3.41. The highest BCUT2D eigenvalue weighted by atomic mass is 35.5. The van der Waals surface area contributed by atoms with Crippen LogP contribution in [0.25, 0.3) is 0 Å². The van der Waals surface area contributed by atoms with E-state index in [9.17, 15) is 19.8 Å². The van der Waals surface area contributed by atoms with Gasteiger partial charge in [-0.1, -0.05) is 36.2 Å². The molecule has 2 amide bonds. The summed E-state index contributed by atoms with van der Waals surface area (Å²) in [5, 5.41) is 31.3. The lowest BCUT2D eigenvalue weighted by molar-refractivity contribution is -0.130. The lowest BCUT2D eigenvalue weighted by Gasteiger charge is -2.39. The molecule has 2 unspecified atom stereocenters. The Bertz CT molecular complexity index is 644. The van der Waals surface area contributed by atoms with Gasteiger partial charge in [0, 0.05) is 32.0 Å². The molecule has 0 heterocycles. The van der Waals surface area contributed by atoms with E-state index in [-0.39, 0.29) is 36.9 Å². The van der Waals surface area contributed by atoms with E-state index < -0.39 is 24.2 Å². The zero-order chi connectivity index (χ0) is 19.9. The summed E-state index contributed by atoms with van der Waals surface area (Å²) in [5.41, 5.74) is -0.405. The molecule has 0 aromatic heterocycles. The van der Waals surface area contributed by atoms with Crippen molar-refractivity contribution in [1.82, 2.24) is 10.2 Å². The maximum Gasteiger partial charge on any atom is 0.404 e. The molecule has 2 atom stereocenters. The molecule has 0 saturated heterocycles. The average molecular weight is 407 g/mol. The molecular formula is C17H24Cl2N2O5. The number of hydrogen-bond acceptors (Lipinski definition) is 4. The molecule has 0 bridgehead atoms. The standard InChI is InChI=1S/C17H24Cl2N2O5/c1-3-15(24)21(2)10-17(7-12(23)8-22,9-20-16(25)26)11-4-5-13(18)14(19)6-11/h4-6,12,20,22-23H,3,7-10H2,1-2H3,(H,25,26). The number of aliphatic hydroxyl groups excluding tert-OH is 2. The number of aliphatic hydroxyl groups is 2. The van der Waals surface area contributed by atoms with Gasteiger partial charge in [0.15, 0.2) is 0 Å². The van der Waals surface area contributed by atoms with Crippen molar-refractivity contribution in [2.45, 2.75) is 31.3 Å². The van der Waals surface area contributed by atoms with Gasteiger partial charge in [0.1, 0.15) is 0 Å². The second-order valence-electron chi connectivity index (χ2n) is 6.21. The minimum atomic E-state index is -1.24. The summed E-state index contributed by atoms with van der Waals surface area (Å²) in [6, 6.07) is 4.83. The minimum Gasteiger partial charge on any atom is -0.465 e. The number of likely N-dealkylation sites (N-methyl/N-ethyl adjacent to an activating group) is 1. The number of carbonyl (C=O) groups excluding carboxylic acids is 1. The predicted molar refractivity (Wildman–Crippen MR) is 99.8 cm³/mol.